The van der Waals surface area contributed by atoms with Crippen LogP contribution in [0.15, 0.2) is 36.4 Å². The van der Waals surface area contributed by atoms with E-state index < -0.39 is 26.2 Å². The van der Waals surface area contributed by atoms with E-state index in [4.69, 9.17) is 18.9 Å². The highest BCUT2D eigenvalue weighted by molar-refractivity contribution is 7.53. The van der Waals surface area contributed by atoms with Crippen LogP contribution in [-0.4, -0.2) is 46.0 Å². The molecule has 0 amide bonds. The van der Waals surface area contributed by atoms with Crippen LogP contribution in [0.25, 0.3) is 10.8 Å². The summed E-state index contributed by atoms with van der Waals surface area (Å²) in [5.74, 6) is 0. The van der Waals surface area contributed by atoms with Gasteiger partial charge in [-0.25, -0.2) is 0 Å². The van der Waals surface area contributed by atoms with E-state index in [0.29, 0.717) is 0 Å². The van der Waals surface area contributed by atoms with Gasteiger partial charge in [-0.3, -0.25) is 9.13 Å². The van der Waals surface area contributed by atoms with Crippen LogP contribution in [0.4, 0.5) is 0 Å². The van der Waals surface area contributed by atoms with Crippen molar-refractivity contribution in [3.05, 3.63) is 47.5 Å². The van der Waals surface area contributed by atoms with Crippen LogP contribution < -0.4 is 0 Å². The number of benzene rings is 2. The van der Waals surface area contributed by atoms with Gasteiger partial charge in [-0.05, 0) is 38.5 Å². The summed E-state index contributed by atoms with van der Waals surface area (Å²) >= 11 is 0. The average Bonchev–Trinajstić information content (AvgIpc) is 2.71. The molecule has 2 rings (SSSR count). The monoisotopic (exact) mass is 492 g/mol. The minimum atomic E-state index is -5.04. The molecule has 0 aliphatic heterocycles. The minimum absolute atomic E-state index is 0.0153. The van der Waals surface area contributed by atoms with Gasteiger partial charge in [0.25, 0.3) is 0 Å². The molecule has 4 N–H and O–H groups in total. The highest BCUT2D eigenvalue weighted by Crippen LogP contribution is 2.62. The van der Waals surface area contributed by atoms with Crippen molar-refractivity contribution >= 4 is 26.0 Å². The molecule has 0 unspecified atom stereocenters. The number of ether oxygens (including phenoxy) is 4. The van der Waals surface area contributed by atoms with Gasteiger partial charge >= 0.3 is 26.2 Å². The van der Waals surface area contributed by atoms with Gasteiger partial charge in [0, 0.05) is 37.6 Å². The molecule has 0 fully saturated rings. The Balaban J connectivity index is 3.00. The summed E-state index contributed by atoms with van der Waals surface area (Å²) in [5, 5.41) is 0.514. The van der Waals surface area contributed by atoms with Gasteiger partial charge in [0.2, 0.25) is 0 Å². The van der Waals surface area contributed by atoms with E-state index >= 15 is 0 Å². The zero-order valence-corrected chi connectivity index (χ0v) is 20.2. The fraction of sp³-hybridized carbons (Fsp3) is 0.500. The second-order valence-corrected chi connectivity index (χ2v) is 10.0. The van der Waals surface area contributed by atoms with Gasteiger partial charge in [-0.1, -0.05) is 36.4 Å². The van der Waals surface area contributed by atoms with Crippen molar-refractivity contribution in [1.29, 1.82) is 0 Å². The summed E-state index contributed by atoms with van der Waals surface area (Å²) < 4.78 is 47.2. The van der Waals surface area contributed by atoms with Crippen molar-refractivity contribution in [1.82, 2.24) is 0 Å². The molecule has 0 bridgehead atoms. The third-order valence-electron chi connectivity index (χ3n) is 4.73. The van der Waals surface area contributed by atoms with Gasteiger partial charge in [0.1, 0.15) is 0 Å². The van der Waals surface area contributed by atoms with Crippen molar-refractivity contribution in [2.45, 2.75) is 38.8 Å². The van der Waals surface area contributed by atoms with E-state index in [-0.39, 0.29) is 48.3 Å². The van der Waals surface area contributed by atoms with E-state index in [1.54, 1.807) is 52.0 Å². The molecule has 12 heteroatoms. The van der Waals surface area contributed by atoms with Gasteiger partial charge < -0.3 is 38.5 Å². The highest BCUT2D eigenvalue weighted by atomic mass is 31.2. The Morgan fingerprint density at radius 2 is 0.906 bits per heavy atom. The Morgan fingerprint density at radius 1 is 0.625 bits per heavy atom. The molecule has 0 saturated carbocycles. The SMILES string of the molecule is CCOC(OCC)(c1ccc(C(OCC)(OCC)P(=O)(O)O)c2ccccc12)P(=O)(O)O. The lowest BCUT2D eigenvalue weighted by Gasteiger charge is -2.37. The Bertz CT molecular complexity index is 920. The predicted molar refractivity (Wildman–Crippen MR) is 118 cm³/mol. The van der Waals surface area contributed by atoms with Crippen LogP contribution in [0.2, 0.25) is 0 Å². The third-order valence-corrected chi connectivity index (χ3v) is 7.26. The molecular formula is C20H30O10P2. The molecule has 2 aromatic carbocycles. The second-order valence-electron chi connectivity index (χ2n) is 6.69. The summed E-state index contributed by atoms with van der Waals surface area (Å²) in [6, 6.07) is 8.98. The van der Waals surface area contributed by atoms with Crippen molar-refractivity contribution < 1.29 is 47.7 Å². The Kier molecular flexibility index (Phi) is 8.81. The molecule has 0 aliphatic rings. The molecular weight excluding hydrogens is 462 g/mol. The zero-order valence-electron chi connectivity index (χ0n) is 18.4. The number of hydrogen-bond donors (Lipinski definition) is 4. The predicted octanol–water partition coefficient (Wildman–Crippen LogP) is 3.56. The topological polar surface area (TPSA) is 152 Å². The lowest BCUT2D eigenvalue weighted by Crippen LogP contribution is -2.35. The van der Waals surface area contributed by atoms with Crippen LogP contribution in [0, 0.1) is 0 Å². The molecule has 0 saturated heterocycles. The first-order valence-electron chi connectivity index (χ1n) is 10.2. The Hall–Kier alpha value is -1.16. The lowest BCUT2D eigenvalue weighted by molar-refractivity contribution is -0.193. The van der Waals surface area contributed by atoms with Crippen LogP contribution in [0.5, 0.6) is 0 Å². The standard InChI is InChI=1S/C20H30O10P2/c1-5-27-19(28-6-2,31(21,22)23)17-13-14-18(16-12-10-9-11-15(16)17)20(29-7-3,30-8-4)32(24,25)26/h9-14H,5-8H2,1-4H3,(H2,21,22,23)(H2,24,25,26). The average molecular weight is 492 g/mol. The van der Waals surface area contributed by atoms with E-state index in [1.165, 1.54) is 12.1 Å². The molecule has 180 valence electrons. The van der Waals surface area contributed by atoms with E-state index in [1.807, 2.05) is 0 Å². The highest BCUT2D eigenvalue weighted by Gasteiger charge is 2.55. The second kappa shape index (κ2) is 10.4. The first kappa shape index (κ1) is 27.1. The van der Waals surface area contributed by atoms with Gasteiger partial charge in [0.05, 0.1) is 0 Å². The Morgan fingerprint density at radius 3 is 1.12 bits per heavy atom. The van der Waals surface area contributed by atoms with Gasteiger partial charge in [-0.2, -0.15) is 0 Å². The fourth-order valence-corrected chi connectivity index (χ4v) is 5.88. The molecule has 0 atom stereocenters. The third kappa shape index (κ3) is 4.72. The quantitative estimate of drug-likeness (QED) is 0.256. The summed E-state index contributed by atoms with van der Waals surface area (Å²) in [4.78, 5) is 40.9. The maximum Gasteiger partial charge on any atom is 0.389 e. The summed E-state index contributed by atoms with van der Waals surface area (Å²) in [7, 11) is -10.1. The fourth-order valence-electron chi connectivity index (χ4n) is 3.68. The smallest absolute Gasteiger partial charge is 0.337 e. The number of rotatable bonds is 12. The molecule has 0 aliphatic carbocycles. The van der Waals surface area contributed by atoms with Crippen molar-refractivity contribution in [2.75, 3.05) is 26.4 Å². The molecule has 0 aromatic heterocycles. The summed E-state index contributed by atoms with van der Waals surface area (Å²) in [5.41, 5.74) is -4.78. The number of hydrogen-bond acceptors (Lipinski definition) is 6. The maximum atomic E-state index is 12.6. The van der Waals surface area contributed by atoms with Crippen LogP contribution in [0.3, 0.4) is 0 Å². The Labute approximate surface area is 186 Å². The van der Waals surface area contributed by atoms with E-state index in [0.717, 1.165) is 0 Å². The van der Waals surface area contributed by atoms with Crippen molar-refractivity contribution in [2.24, 2.45) is 0 Å². The van der Waals surface area contributed by atoms with E-state index in [9.17, 15) is 28.7 Å². The first-order valence-corrected chi connectivity index (χ1v) is 13.4. The van der Waals surface area contributed by atoms with E-state index in [2.05, 4.69) is 0 Å². The van der Waals surface area contributed by atoms with Crippen molar-refractivity contribution in [3.8, 4) is 0 Å². The van der Waals surface area contributed by atoms with Crippen molar-refractivity contribution in [3.63, 3.8) is 0 Å². The van der Waals surface area contributed by atoms with Gasteiger partial charge in [0.15, 0.2) is 0 Å². The molecule has 0 radical (unpaired) electrons. The number of fused-ring (bicyclic) bond motifs is 1. The summed E-state index contributed by atoms with van der Waals surface area (Å²) in [6.45, 7) is 6.03. The molecule has 10 nitrogen and oxygen atoms in total. The first-order chi connectivity index (χ1) is 15.0. The zero-order chi connectivity index (χ0) is 24.2. The molecule has 32 heavy (non-hydrogen) atoms. The summed E-state index contributed by atoms with van der Waals surface area (Å²) in [6.07, 6.45) is 0. The van der Waals surface area contributed by atoms with Gasteiger partial charge in [-0.15, -0.1) is 0 Å². The largest absolute Gasteiger partial charge is 0.389 e. The minimum Gasteiger partial charge on any atom is -0.337 e. The van der Waals surface area contributed by atoms with Crippen LogP contribution >= 0.6 is 15.2 Å². The molecule has 0 spiro atoms. The van der Waals surface area contributed by atoms with Crippen LogP contribution in [0.1, 0.15) is 38.8 Å². The lowest BCUT2D eigenvalue weighted by atomic mass is 9.98. The van der Waals surface area contributed by atoms with Crippen LogP contribution in [-0.2, 0) is 39.1 Å². The molecule has 2 aromatic rings. The molecule has 0 heterocycles. The maximum absolute atomic E-state index is 12.6. The normalized spacial score (nSPS) is 13.6.